The van der Waals surface area contributed by atoms with Gasteiger partial charge in [0.05, 0.1) is 19.3 Å². The number of carbonyl (C=O) groups is 2. The van der Waals surface area contributed by atoms with E-state index in [4.69, 9.17) is 16.3 Å². The normalized spacial score (nSPS) is 13.6. The molecule has 1 saturated heterocycles. The molecule has 4 rings (SSSR count). The Morgan fingerprint density at radius 2 is 1.66 bits per heavy atom. The molecule has 0 atom stereocenters. The molecule has 0 spiro atoms. The van der Waals surface area contributed by atoms with Gasteiger partial charge in [-0.25, -0.2) is 4.79 Å². The number of ether oxygens (including phenoxy) is 1. The second kappa shape index (κ2) is 10.1. The fourth-order valence-corrected chi connectivity index (χ4v) is 4.08. The van der Waals surface area contributed by atoms with E-state index in [-0.39, 0.29) is 31.2 Å². The van der Waals surface area contributed by atoms with Crippen molar-refractivity contribution in [3.05, 3.63) is 85.6 Å². The molecule has 35 heavy (non-hydrogen) atoms. The van der Waals surface area contributed by atoms with Crippen molar-refractivity contribution in [2.45, 2.75) is 13.5 Å². The molecular formula is C24H24ClN5O5. The van der Waals surface area contributed by atoms with Gasteiger partial charge in [-0.2, -0.15) is 9.78 Å². The van der Waals surface area contributed by atoms with E-state index in [2.05, 4.69) is 5.10 Å². The van der Waals surface area contributed by atoms with E-state index in [1.54, 1.807) is 53.4 Å². The third-order valence-electron chi connectivity index (χ3n) is 5.82. The van der Waals surface area contributed by atoms with Crippen molar-refractivity contribution >= 4 is 23.4 Å². The predicted octanol–water partition coefficient (Wildman–Crippen LogP) is 1.41. The van der Waals surface area contributed by atoms with Crippen molar-refractivity contribution in [3.63, 3.8) is 0 Å². The van der Waals surface area contributed by atoms with E-state index in [0.717, 1.165) is 9.25 Å². The minimum atomic E-state index is -0.793. The Labute approximate surface area is 205 Å². The van der Waals surface area contributed by atoms with Gasteiger partial charge in [-0.1, -0.05) is 23.7 Å². The van der Waals surface area contributed by atoms with Crippen LogP contribution in [-0.2, 0) is 11.3 Å². The molecule has 1 fully saturated rings. The van der Waals surface area contributed by atoms with Crippen LogP contribution in [-0.4, -0.2) is 69.3 Å². The van der Waals surface area contributed by atoms with Crippen LogP contribution in [0.2, 0.25) is 5.02 Å². The molecule has 0 bridgehead atoms. The molecule has 11 heteroatoms. The minimum Gasteiger partial charge on any atom is -0.497 e. The summed E-state index contributed by atoms with van der Waals surface area (Å²) in [6.07, 6.45) is 0. The van der Waals surface area contributed by atoms with E-state index in [0.29, 0.717) is 35.1 Å². The van der Waals surface area contributed by atoms with Crippen LogP contribution >= 0.6 is 11.6 Å². The van der Waals surface area contributed by atoms with Crippen molar-refractivity contribution < 1.29 is 14.3 Å². The van der Waals surface area contributed by atoms with Gasteiger partial charge in [-0.05, 0) is 42.0 Å². The summed E-state index contributed by atoms with van der Waals surface area (Å²) in [4.78, 5) is 54.7. The lowest BCUT2D eigenvalue weighted by Crippen LogP contribution is -2.52. The summed E-state index contributed by atoms with van der Waals surface area (Å²) in [5.41, 5.74) is -0.876. The molecule has 0 N–H and O–H groups in total. The van der Waals surface area contributed by atoms with Gasteiger partial charge in [-0.15, -0.1) is 0 Å². The topological polar surface area (TPSA) is 107 Å². The highest BCUT2D eigenvalue weighted by Crippen LogP contribution is 2.14. The van der Waals surface area contributed by atoms with Crippen molar-refractivity contribution in [1.82, 2.24) is 24.1 Å². The van der Waals surface area contributed by atoms with Gasteiger partial charge in [0.1, 0.15) is 5.75 Å². The third kappa shape index (κ3) is 5.12. The Bertz CT molecular complexity index is 1370. The number of halogens is 1. The van der Waals surface area contributed by atoms with Gasteiger partial charge in [0, 0.05) is 38.1 Å². The molecule has 2 aromatic carbocycles. The Morgan fingerprint density at radius 3 is 2.26 bits per heavy atom. The fraction of sp³-hybridized carbons (Fsp3) is 0.292. The molecule has 0 unspecified atom stereocenters. The minimum absolute atomic E-state index is 0.0767. The summed E-state index contributed by atoms with van der Waals surface area (Å²) in [5.74, 6) is -0.0962. The average Bonchev–Trinajstić information content (AvgIpc) is 2.86. The standard InChI is InChI=1S/C24H24ClN5O5/c1-16(31)27-10-12-28(13-11-27)22(32)21-23(33)29(15-17-4-3-5-18(25)14-17)24(34)30(26-21)19-6-8-20(35-2)9-7-19/h3-9,14H,10-13,15H2,1-2H3. The van der Waals surface area contributed by atoms with Crippen LogP contribution in [0.15, 0.2) is 58.1 Å². The Balaban J connectivity index is 1.79. The highest BCUT2D eigenvalue weighted by atomic mass is 35.5. The number of carbonyl (C=O) groups excluding carboxylic acids is 2. The number of amides is 2. The lowest BCUT2D eigenvalue weighted by atomic mass is 10.2. The van der Waals surface area contributed by atoms with Gasteiger partial charge in [0.25, 0.3) is 11.5 Å². The smallest absolute Gasteiger partial charge is 0.352 e. The number of methoxy groups -OCH3 is 1. The molecule has 1 aliphatic heterocycles. The first-order chi connectivity index (χ1) is 16.8. The van der Waals surface area contributed by atoms with Gasteiger partial charge in [0.15, 0.2) is 0 Å². The van der Waals surface area contributed by atoms with E-state index in [1.165, 1.54) is 18.9 Å². The van der Waals surface area contributed by atoms with Gasteiger partial charge < -0.3 is 14.5 Å². The number of aromatic nitrogens is 3. The fourth-order valence-electron chi connectivity index (χ4n) is 3.87. The summed E-state index contributed by atoms with van der Waals surface area (Å²) >= 11 is 6.08. The van der Waals surface area contributed by atoms with Crippen LogP contribution < -0.4 is 16.0 Å². The van der Waals surface area contributed by atoms with Gasteiger partial charge in [-0.3, -0.25) is 19.0 Å². The summed E-state index contributed by atoms with van der Waals surface area (Å²) in [6, 6.07) is 13.3. The van der Waals surface area contributed by atoms with E-state index in [9.17, 15) is 19.2 Å². The van der Waals surface area contributed by atoms with E-state index < -0.39 is 17.2 Å². The molecule has 0 saturated carbocycles. The van der Waals surface area contributed by atoms with Gasteiger partial charge in [0.2, 0.25) is 11.6 Å². The molecule has 3 aromatic rings. The first-order valence-corrected chi connectivity index (χ1v) is 11.3. The maximum Gasteiger partial charge on any atom is 0.352 e. The summed E-state index contributed by atoms with van der Waals surface area (Å²) in [5, 5.41) is 4.64. The Morgan fingerprint density at radius 1 is 1.00 bits per heavy atom. The van der Waals surface area contributed by atoms with E-state index in [1.807, 2.05) is 0 Å². The second-order valence-electron chi connectivity index (χ2n) is 8.06. The van der Waals surface area contributed by atoms with Gasteiger partial charge >= 0.3 is 5.69 Å². The number of nitrogens with zero attached hydrogens (tertiary/aromatic N) is 5. The van der Waals surface area contributed by atoms with Crippen LogP contribution in [0.25, 0.3) is 5.69 Å². The molecule has 2 heterocycles. The lowest BCUT2D eigenvalue weighted by Gasteiger charge is -2.33. The quantitative estimate of drug-likeness (QED) is 0.527. The molecule has 2 amide bonds. The van der Waals surface area contributed by atoms with Crippen molar-refractivity contribution in [1.29, 1.82) is 0 Å². The number of hydrogen-bond acceptors (Lipinski definition) is 6. The zero-order valence-electron chi connectivity index (χ0n) is 19.3. The SMILES string of the molecule is COc1ccc(-n2nc(C(=O)N3CCN(C(C)=O)CC3)c(=O)n(Cc3cccc(Cl)c3)c2=O)cc1. The molecule has 0 aliphatic carbocycles. The molecule has 0 radical (unpaired) electrons. The lowest BCUT2D eigenvalue weighted by molar-refractivity contribution is -0.130. The number of benzene rings is 2. The average molecular weight is 498 g/mol. The first-order valence-electron chi connectivity index (χ1n) is 11.0. The van der Waals surface area contributed by atoms with Crippen molar-refractivity contribution in [3.8, 4) is 11.4 Å². The molecule has 1 aromatic heterocycles. The van der Waals surface area contributed by atoms with Crippen LogP contribution in [0.1, 0.15) is 23.0 Å². The summed E-state index contributed by atoms with van der Waals surface area (Å²) in [7, 11) is 1.52. The number of hydrogen-bond donors (Lipinski definition) is 0. The maximum atomic E-state index is 13.3. The first kappa shape index (κ1) is 24.2. The summed E-state index contributed by atoms with van der Waals surface area (Å²) in [6.45, 7) is 2.62. The number of piperazine rings is 1. The highest BCUT2D eigenvalue weighted by molar-refractivity contribution is 6.30. The Kier molecular flexibility index (Phi) is 7.02. The van der Waals surface area contributed by atoms with Crippen molar-refractivity contribution in [2.24, 2.45) is 0 Å². The largest absolute Gasteiger partial charge is 0.497 e. The predicted molar refractivity (Wildman–Crippen MR) is 129 cm³/mol. The van der Waals surface area contributed by atoms with E-state index >= 15 is 0 Å². The number of rotatable bonds is 5. The van der Waals surface area contributed by atoms with Crippen LogP contribution in [0, 0.1) is 0 Å². The Hall–Kier alpha value is -3.92. The molecule has 182 valence electrons. The van der Waals surface area contributed by atoms with Crippen LogP contribution in [0.5, 0.6) is 5.75 Å². The molecule has 1 aliphatic rings. The second-order valence-corrected chi connectivity index (χ2v) is 8.50. The van der Waals surface area contributed by atoms with Crippen LogP contribution in [0.3, 0.4) is 0 Å². The monoisotopic (exact) mass is 497 g/mol. The third-order valence-corrected chi connectivity index (χ3v) is 6.06. The molecule has 10 nitrogen and oxygen atoms in total. The van der Waals surface area contributed by atoms with Crippen LogP contribution in [0.4, 0.5) is 0 Å². The van der Waals surface area contributed by atoms with Crippen molar-refractivity contribution in [2.75, 3.05) is 33.3 Å². The zero-order valence-corrected chi connectivity index (χ0v) is 20.1. The maximum absolute atomic E-state index is 13.3. The molecular weight excluding hydrogens is 474 g/mol. The highest BCUT2D eigenvalue weighted by Gasteiger charge is 2.28. The zero-order chi connectivity index (χ0) is 25.1. The summed E-state index contributed by atoms with van der Waals surface area (Å²) < 4.78 is 7.18.